The van der Waals surface area contributed by atoms with Gasteiger partial charge in [0.05, 0.1) is 12.0 Å². The fourth-order valence-corrected chi connectivity index (χ4v) is 3.13. The zero-order valence-corrected chi connectivity index (χ0v) is 11.7. The molecule has 1 aromatic rings. The second-order valence-corrected chi connectivity index (χ2v) is 5.71. The Hall–Kier alpha value is -1.35. The number of hydrogen-bond acceptors (Lipinski definition) is 2. The SMILES string of the molecule is Cc1cccc(C[NH+](CC(=O)[O-])C2CCCCC2)c1. The summed E-state index contributed by atoms with van der Waals surface area (Å²) < 4.78 is 0. The molecule has 3 heteroatoms. The van der Waals surface area contributed by atoms with Gasteiger partial charge in [-0.3, -0.25) is 0 Å². The number of hydrogen-bond donors (Lipinski definition) is 1. The summed E-state index contributed by atoms with van der Waals surface area (Å²) in [5.74, 6) is -0.937. The Morgan fingerprint density at radius 1 is 1.32 bits per heavy atom. The van der Waals surface area contributed by atoms with E-state index in [-0.39, 0.29) is 6.54 Å². The van der Waals surface area contributed by atoms with E-state index < -0.39 is 5.97 Å². The summed E-state index contributed by atoms with van der Waals surface area (Å²) in [6, 6.07) is 8.83. The molecule has 0 bridgehead atoms. The van der Waals surface area contributed by atoms with Gasteiger partial charge in [0.2, 0.25) is 0 Å². The molecule has 1 aliphatic carbocycles. The number of nitrogens with one attached hydrogen (secondary N) is 1. The average Bonchev–Trinajstić information content (AvgIpc) is 2.38. The topological polar surface area (TPSA) is 44.6 Å². The van der Waals surface area contributed by atoms with Gasteiger partial charge in [0.15, 0.2) is 0 Å². The molecule has 19 heavy (non-hydrogen) atoms. The van der Waals surface area contributed by atoms with Crippen LogP contribution in [0.3, 0.4) is 0 Å². The molecule has 0 amide bonds. The maximum Gasteiger partial charge on any atom is 0.118 e. The summed E-state index contributed by atoms with van der Waals surface area (Å²) in [4.78, 5) is 12.1. The molecule has 3 nitrogen and oxygen atoms in total. The molecule has 1 saturated carbocycles. The number of carboxylic acids is 1. The van der Waals surface area contributed by atoms with Gasteiger partial charge in [-0.2, -0.15) is 0 Å². The molecule has 104 valence electrons. The molecule has 1 aromatic carbocycles. The normalized spacial score (nSPS) is 18.2. The van der Waals surface area contributed by atoms with Crippen molar-refractivity contribution in [3.05, 3.63) is 35.4 Å². The van der Waals surface area contributed by atoms with E-state index >= 15 is 0 Å². The van der Waals surface area contributed by atoms with E-state index in [0.717, 1.165) is 24.3 Å². The molecule has 1 unspecified atom stereocenters. The molecule has 0 radical (unpaired) electrons. The number of aryl methyl sites for hydroxylation is 1. The Labute approximate surface area is 115 Å². The molecule has 0 aromatic heterocycles. The van der Waals surface area contributed by atoms with Crippen molar-refractivity contribution in [3.63, 3.8) is 0 Å². The molecule has 2 rings (SSSR count). The van der Waals surface area contributed by atoms with E-state index in [1.807, 2.05) is 6.07 Å². The minimum absolute atomic E-state index is 0.124. The van der Waals surface area contributed by atoms with Gasteiger partial charge in [0, 0.05) is 5.56 Å². The number of aliphatic carboxylic acids is 1. The van der Waals surface area contributed by atoms with Gasteiger partial charge in [-0.25, -0.2) is 0 Å². The zero-order valence-electron chi connectivity index (χ0n) is 11.7. The summed E-state index contributed by atoms with van der Waals surface area (Å²) in [5, 5.41) is 11.0. The zero-order chi connectivity index (χ0) is 13.7. The first-order chi connectivity index (χ1) is 9.15. The third kappa shape index (κ3) is 4.35. The molecule has 1 aliphatic rings. The van der Waals surface area contributed by atoms with Gasteiger partial charge in [-0.15, -0.1) is 0 Å². The number of rotatable bonds is 5. The fraction of sp³-hybridized carbons (Fsp3) is 0.562. The van der Waals surface area contributed by atoms with Crippen molar-refractivity contribution in [1.82, 2.24) is 0 Å². The highest BCUT2D eigenvalue weighted by Crippen LogP contribution is 2.15. The van der Waals surface area contributed by atoms with Crippen molar-refractivity contribution in [3.8, 4) is 0 Å². The first-order valence-corrected chi connectivity index (χ1v) is 7.25. The summed E-state index contributed by atoms with van der Waals surface area (Å²) in [6.07, 6.45) is 6.05. The van der Waals surface area contributed by atoms with E-state index in [0.29, 0.717) is 6.04 Å². The Morgan fingerprint density at radius 2 is 2.05 bits per heavy atom. The Balaban J connectivity index is 2.06. The van der Waals surface area contributed by atoms with Crippen LogP contribution in [-0.4, -0.2) is 18.6 Å². The maximum absolute atomic E-state index is 11.0. The highest BCUT2D eigenvalue weighted by atomic mass is 16.4. The predicted molar refractivity (Wildman–Crippen MR) is 72.6 cm³/mol. The van der Waals surface area contributed by atoms with Crippen molar-refractivity contribution in [2.75, 3.05) is 6.54 Å². The molecular weight excluding hydrogens is 238 g/mol. The molecule has 0 spiro atoms. The Kier molecular flexibility index (Phi) is 4.97. The van der Waals surface area contributed by atoms with E-state index in [2.05, 4.69) is 25.1 Å². The van der Waals surface area contributed by atoms with E-state index in [9.17, 15) is 9.90 Å². The van der Waals surface area contributed by atoms with E-state index in [1.54, 1.807) is 0 Å². The lowest BCUT2D eigenvalue weighted by Gasteiger charge is -2.31. The first kappa shape index (κ1) is 14.1. The van der Waals surface area contributed by atoms with Crippen LogP contribution in [0, 0.1) is 6.92 Å². The maximum atomic E-state index is 11.0. The number of carbonyl (C=O) groups is 1. The lowest BCUT2D eigenvalue weighted by Crippen LogP contribution is -3.15. The van der Waals surface area contributed by atoms with Crippen LogP contribution in [0.1, 0.15) is 43.2 Å². The van der Waals surface area contributed by atoms with Gasteiger partial charge in [-0.1, -0.05) is 36.2 Å². The van der Waals surface area contributed by atoms with Gasteiger partial charge in [0.25, 0.3) is 0 Å². The average molecular weight is 261 g/mol. The van der Waals surface area contributed by atoms with Crippen molar-refractivity contribution < 1.29 is 14.8 Å². The number of carboxylic acid groups (broad SMARTS) is 1. The monoisotopic (exact) mass is 261 g/mol. The number of benzene rings is 1. The van der Waals surface area contributed by atoms with Crippen molar-refractivity contribution in [1.29, 1.82) is 0 Å². The van der Waals surface area contributed by atoms with Crippen LogP contribution in [0.15, 0.2) is 24.3 Å². The smallest absolute Gasteiger partial charge is 0.118 e. The number of quaternary nitrogens is 1. The third-order valence-corrected chi connectivity index (χ3v) is 4.07. The standard InChI is InChI=1S/C16H23NO2/c1-13-6-5-7-14(10-13)11-17(12-16(18)19)15-8-3-2-4-9-15/h5-7,10,15H,2-4,8-9,11-12H2,1H3,(H,18,19). The van der Waals surface area contributed by atoms with Gasteiger partial charge in [-0.05, 0) is 32.6 Å². The second kappa shape index (κ2) is 6.71. The van der Waals surface area contributed by atoms with Crippen molar-refractivity contribution in [2.45, 2.75) is 51.6 Å². The van der Waals surface area contributed by atoms with Crippen LogP contribution in [-0.2, 0) is 11.3 Å². The Bertz CT molecular complexity index is 425. The predicted octanol–water partition coefficient (Wildman–Crippen LogP) is 0.463. The quantitative estimate of drug-likeness (QED) is 0.837. The van der Waals surface area contributed by atoms with Crippen LogP contribution < -0.4 is 10.0 Å². The number of carbonyl (C=O) groups excluding carboxylic acids is 1. The minimum Gasteiger partial charge on any atom is -0.544 e. The molecular formula is C16H23NO2. The summed E-state index contributed by atoms with van der Waals surface area (Å²) in [5.41, 5.74) is 2.45. The van der Waals surface area contributed by atoms with E-state index in [4.69, 9.17) is 0 Å². The summed E-state index contributed by atoms with van der Waals surface area (Å²) >= 11 is 0. The van der Waals surface area contributed by atoms with Crippen LogP contribution >= 0.6 is 0 Å². The van der Waals surface area contributed by atoms with Crippen molar-refractivity contribution in [2.24, 2.45) is 0 Å². The van der Waals surface area contributed by atoms with Gasteiger partial charge < -0.3 is 14.8 Å². The van der Waals surface area contributed by atoms with Crippen LogP contribution in [0.2, 0.25) is 0 Å². The second-order valence-electron chi connectivity index (χ2n) is 5.71. The molecule has 0 aliphatic heterocycles. The highest BCUT2D eigenvalue weighted by Gasteiger charge is 2.24. The molecule has 1 atom stereocenters. The lowest BCUT2D eigenvalue weighted by molar-refractivity contribution is -0.934. The lowest BCUT2D eigenvalue weighted by atomic mass is 9.93. The first-order valence-electron chi connectivity index (χ1n) is 7.25. The molecule has 1 fully saturated rings. The molecule has 0 heterocycles. The molecule has 1 N–H and O–H groups in total. The van der Waals surface area contributed by atoms with E-state index in [1.165, 1.54) is 30.4 Å². The summed E-state index contributed by atoms with van der Waals surface area (Å²) in [7, 11) is 0. The fourth-order valence-electron chi connectivity index (χ4n) is 3.13. The minimum atomic E-state index is -0.937. The molecule has 0 saturated heterocycles. The van der Waals surface area contributed by atoms with Crippen LogP contribution in [0.25, 0.3) is 0 Å². The van der Waals surface area contributed by atoms with Crippen LogP contribution in [0.4, 0.5) is 0 Å². The van der Waals surface area contributed by atoms with Crippen molar-refractivity contribution >= 4 is 5.97 Å². The highest BCUT2D eigenvalue weighted by molar-refractivity contribution is 5.65. The summed E-state index contributed by atoms with van der Waals surface area (Å²) in [6.45, 7) is 2.99. The van der Waals surface area contributed by atoms with Gasteiger partial charge in [0.1, 0.15) is 13.1 Å². The Morgan fingerprint density at radius 3 is 2.68 bits per heavy atom. The third-order valence-electron chi connectivity index (χ3n) is 4.07. The van der Waals surface area contributed by atoms with Gasteiger partial charge >= 0.3 is 0 Å². The van der Waals surface area contributed by atoms with Crippen LogP contribution in [0.5, 0.6) is 0 Å². The largest absolute Gasteiger partial charge is 0.544 e.